The largest absolute Gasteiger partial charge is 0.481 e. The topological polar surface area (TPSA) is 274 Å². The maximum atomic E-state index is 14.2. The molecule has 0 saturated heterocycles. The zero-order valence-electron chi connectivity index (χ0n) is 34.6. The molecule has 20 heteroatoms. The van der Waals surface area contributed by atoms with Gasteiger partial charge >= 0.3 is 5.97 Å². The van der Waals surface area contributed by atoms with E-state index in [1.165, 1.54) is 4.90 Å². The van der Waals surface area contributed by atoms with Gasteiger partial charge in [0.1, 0.15) is 29.5 Å². The second-order valence-electron chi connectivity index (χ2n) is 15.9. The van der Waals surface area contributed by atoms with E-state index in [9.17, 15) is 40.6 Å². The molecule has 0 bridgehead atoms. The molecule has 3 aromatic rings. The van der Waals surface area contributed by atoms with Crippen molar-refractivity contribution < 1.29 is 74.3 Å². The highest BCUT2D eigenvalue weighted by Crippen LogP contribution is 2.47. The van der Waals surface area contributed by atoms with E-state index in [4.69, 9.17) is 23.4 Å². The molecule has 3 aromatic carbocycles. The first-order valence-corrected chi connectivity index (χ1v) is 23.5. The molecule has 17 nitrogen and oxygen atoms in total. The van der Waals surface area contributed by atoms with Crippen LogP contribution < -0.4 is 43.4 Å². The van der Waals surface area contributed by atoms with E-state index in [0.717, 1.165) is 0 Å². The monoisotopic (exact) mass is 905 g/mol. The number of hydrogen-bond donors (Lipinski definition) is 3. The third-order valence-electron chi connectivity index (χ3n) is 10.6. The number of carbonyl (C=O) groups is 2. The number of ether oxygens (including phenoxy) is 1. The van der Waals surface area contributed by atoms with Crippen molar-refractivity contribution in [1.82, 2.24) is 9.48 Å². The van der Waals surface area contributed by atoms with E-state index in [-0.39, 0.29) is 25.3 Å². The third kappa shape index (κ3) is 10.9. The maximum Gasteiger partial charge on any atom is 0.303 e. The number of halogens is 1. The van der Waals surface area contributed by atoms with Crippen molar-refractivity contribution in [2.75, 3.05) is 43.1 Å². The summed E-state index contributed by atoms with van der Waals surface area (Å²) in [5.74, 6) is -1.75. The van der Waals surface area contributed by atoms with Crippen LogP contribution in [0.5, 0.6) is 11.5 Å². The Morgan fingerprint density at radius 2 is 1.43 bits per heavy atom. The molecule has 6 rings (SSSR count). The van der Waals surface area contributed by atoms with Crippen molar-refractivity contribution in [3.05, 3.63) is 99.1 Å². The van der Waals surface area contributed by atoms with Crippen molar-refractivity contribution in [3.8, 4) is 11.5 Å². The molecule has 0 atom stereocenters. The van der Waals surface area contributed by atoms with Gasteiger partial charge in [-0.2, -0.15) is 16.8 Å². The standard InChI is InChI=1S/C41H47N3O10S2.ClHO4/c1-8-43-33-19-35-31(17-29(33)25(21-40(43,3)4)23-55(48,49)50)38(27-13-10-11-14-28(27)39(47)42(7)16-12-15-37(45)46)32-18-30-26(24-56(51,52)53)22-41(5,6)44(9-2)34(30)20-36(32)54-35;2-1(3,4)5/h10-11,13-14,17-22H,8-9,12,15-16,23-24H2,1-7H3,(H2-,45,46,48,49,50,51,52,53);(H,2,3,4,5). The number of aliphatic carboxylic acids is 1. The molecular formula is C41H48ClN3O14S2. The summed E-state index contributed by atoms with van der Waals surface area (Å²) in [6, 6.07) is 14.3. The van der Waals surface area contributed by atoms with Crippen LogP contribution in [0.4, 0.5) is 5.69 Å². The SMILES string of the molecule is CCN1c2cc3c(cc2C(CS(=O)(=O)O)=CC1(C)C)C(c1ccccc1C(=O)N(C)CCCC(=O)O)=c1cc2c(cc1O3)=[N+](CC)C(C)(C)C=C2CS(=O)(=O)O.[O-][Cl+3]([O-])([O-])[O-]. The van der Waals surface area contributed by atoms with Crippen LogP contribution >= 0.6 is 0 Å². The maximum absolute atomic E-state index is 14.2. The molecule has 330 valence electrons. The summed E-state index contributed by atoms with van der Waals surface area (Å²) >= 11 is 0. The van der Waals surface area contributed by atoms with E-state index < -0.39 is 59.0 Å². The number of amides is 1. The van der Waals surface area contributed by atoms with E-state index >= 15 is 0 Å². The normalized spacial score (nSPS) is 16.4. The molecule has 3 aliphatic rings. The van der Waals surface area contributed by atoms with Crippen molar-refractivity contribution in [2.24, 2.45) is 0 Å². The van der Waals surface area contributed by atoms with Crippen LogP contribution in [-0.4, -0.2) is 97.1 Å². The molecule has 0 radical (unpaired) electrons. The minimum absolute atomic E-state index is 0.110. The van der Waals surface area contributed by atoms with Crippen LogP contribution in [0, 0.1) is 10.2 Å². The van der Waals surface area contributed by atoms with Crippen LogP contribution in [0.1, 0.15) is 87.0 Å². The predicted molar refractivity (Wildman–Crippen MR) is 216 cm³/mol. The first-order chi connectivity index (χ1) is 28.0. The number of carbonyl (C=O) groups excluding carboxylic acids is 1. The van der Waals surface area contributed by atoms with E-state index in [2.05, 4.69) is 9.48 Å². The Bertz CT molecular complexity index is 2700. The fourth-order valence-corrected chi connectivity index (χ4v) is 9.71. The predicted octanol–water partition coefficient (Wildman–Crippen LogP) is -0.315. The number of fused-ring (bicyclic) bond motifs is 4. The minimum Gasteiger partial charge on any atom is -0.481 e. The Hall–Kier alpha value is -4.70. The van der Waals surface area contributed by atoms with Crippen molar-refractivity contribution in [1.29, 1.82) is 0 Å². The van der Waals surface area contributed by atoms with Gasteiger partial charge in [-0.3, -0.25) is 18.7 Å². The smallest absolute Gasteiger partial charge is 0.303 e. The minimum atomic E-state index is -4.94. The fourth-order valence-electron chi connectivity index (χ4n) is 8.45. The van der Waals surface area contributed by atoms with Gasteiger partial charge in [0.2, 0.25) is 5.36 Å². The second-order valence-corrected chi connectivity index (χ2v) is 19.6. The van der Waals surface area contributed by atoms with Crippen molar-refractivity contribution in [3.63, 3.8) is 0 Å². The summed E-state index contributed by atoms with van der Waals surface area (Å²) in [4.78, 5) is 29.0. The lowest BCUT2D eigenvalue weighted by Gasteiger charge is -2.43. The Labute approximate surface area is 356 Å². The molecule has 0 saturated carbocycles. The highest BCUT2D eigenvalue weighted by Gasteiger charge is 2.38. The van der Waals surface area contributed by atoms with Gasteiger partial charge in [-0.15, -0.1) is 10.2 Å². The summed E-state index contributed by atoms with van der Waals surface area (Å²) in [5, 5.41) is 10.4. The van der Waals surface area contributed by atoms with Crippen LogP contribution in [0.2, 0.25) is 0 Å². The fraction of sp³-hybridized carbons (Fsp3) is 0.390. The number of likely N-dealkylation sites (N-methyl/N-ethyl adjacent to an activating group) is 2. The highest BCUT2D eigenvalue weighted by molar-refractivity contribution is 7.86. The number of nitrogens with zero attached hydrogens (tertiary/aromatic N) is 3. The summed E-state index contributed by atoms with van der Waals surface area (Å²) in [7, 11) is -12.3. The van der Waals surface area contributed by atoms with Crippen LogP contribution in [0.25, 0.3) is 16.7 Å². The van der Waals surface area contributed by atoms with Crippen molar-refractivity contribution >= 4 is 54.5 Å². The summed E-state index contributed by atoms with van der Waals surface area (Å²) in [6.45, 7) is 13.1. The van der Waals surface area contributed by atoms with Crippen molar-refractivity contribution in [2.45, 2.75) is 65.5 Å². The number of carboxylic acid groups (broad SMARTS) is 1. The Kier molecular flexibility index (Phi) is 13.4. The summed E-state index contributed by atoms with van der Waals surface area (Å²) in [5.41, 5.74) is 3.16. The molecule has 0 unspecified atom stereocenters. The molecule has 3 aliphatic heterocycles. The number of benzene rings is 3. The number of carboxylic acids is 1. The molecule has 0 aliphatic carbocycles. The molecule has 0 fully saturated rings. The molecule has 3 heterocycles. The third-order valence-corrected chi connectivity index (χ3v) is 12.0. The number of hydrogen-bond acceptors (Lipinski definition) is 12. The van der Waals surface area contributed by atoms with E-state index in [1.807, 2.05) is 78.0 Å². The van der Waals surface area contributed by atoms with Gasteiger partial charge < -0.3 is 19.6 Å². The average Bonchev–Trinajstić information content (AvgIpc) is 3.10. The van der Waals surface area contributed by atoms with Gasteiger partial charge in [0, 0.05) is 79.6 Å². The number of rotatable bonds is 12. The summed E-state index contributed by atoms with van der Waals surface area (Å²) in [6.07, 6.45) is 3.78. The van der Waals surface area contributed by atoms with Gasteiger partial charge in [0.15, 0.2) is 5.54 Å². The summed E-state index contributed by atoms with van der Waals surface area (Å²) < 4.78 is 113. The average molecular weight is 906 g/mol. The lowest BCUT2D eigenvalue weighted by Crippen LogP contribution is -2.68. The van der Waals surface area contributed by atoms with Crippen LogP contribution in [0.15, 0.2) is 60.7 Å². The Morgan fingerprint density at radius 1 is 0.836 bits per heavy atom. The molecule has 0 aromatic heterocycles. The van der Waals surface area contributed by atoms with Gasteiger partial charge in [0.05, 0.1) is 17.2 Å². The zero-order chi connectivity index (χ0) is 45.6. The Balaban J connectivity index is 0.00000133. The second kappa shape index (κ2) is 17.2. The van der Waals surface area contributed by atoms with Gasteiger partial charge in [-0.1, -0.05) is 24.3 Å². The highest BCUT2D eigenvalue weighted by atomic mass is 35.7. The number of anilines is 1. The van der Waals surface area contributed by atoms with E-state index in [0.29, 0.717) is 85.4 Å². The molecule has 0 spiro atoms. The Morgan fingerprint density at radius 3 is 1.98 bits per heavy atom. The first-order valence-electron chi connectivity index (χ1n) is 19.0. The quantitative estimate of drug-likeness (QED) is 0.121. The van der Waals surface area contributed by atoms with E-state index in [1.54, 1.807) is 31.3 Å². The molecule has 61 heavy (non-hydrogen) atoms. The van der Waals surface area contributed by atoms with Crippen LogP contribution in [0.3, 0.4) is 0 Å². The lowest BCUT2D eigenvalue weighted by atomic mass is 9.83. The van der Waals surface area contributed by atoms with Gasteiger partial charge in [-0.25, -0.2) is 23.2 Å². The van der Waals surface area contributed by atoms with Gasteiger partial charge in [-0.05, 0) is 75.1 Å². The molecular weight excluding hydrogens is 858 g/mol. The lowest BCUT2D eigenvalue weighted by molar-refractivity contribution is -2.00. The molecule has 3 N–H and O–H groups in total. The van der Waals surface area contributed by atoms with Crippen LogP contribution in [-0.2, 0) is 25.0 Å². The first kappa shape index (κ1) is 47.4. The van der Waals surface area contributed by atoms with Gasteiger partial charge in [0.25, 0.3) is 26.1 Å². The molecule has 1 amide bonds. The zero-order valence-corrected chi connectivity index (χ0v) is 37.0.